The highest BCUT2D eigenvalue weighted by molar-refractivity contribution is 8.14. The van der Waals surface area contributed by atoms with Crippen LogP contribution in [0.1, 0.15) is 0 Å². The molecule has 1 aromatic rings. The van der Waals surface area contributed by atoms with Gasteiger partial charge in [-0.25, -0.2) is 4.68 Å². The van der Waals surface area contributed by atoms with Gasteiger partial charge >= 0.3 is 0 Å². The number of hydrogen-bond donors (Lipinski definition) is 0. The lowest BCUT2D eigenvalue weighted by atomic mass is 10.7. The number of aromatic nitrogens is 2. The first-order valence-electron chi connectivity index (χ1n) is 3.14. The Morgan fingerprint density at radius 2 is 2.60 bits per heavy atom. The van der Waals surface area contributed by atoms with Crippen LogP contribution in [0.4, 0.5) is 0 Å². The van der Waals surface area contributed by atoms with Crippen molar-refractivity contribution < 1.29 is 0 Å². The molecule has 2 rings (SSSR count). The second-order valence-electron chi connectivity index (χ2n) is 1.96. The molecule has 0 N–H and O–H groups in total. The van der Waals surface area contributed by atoms with Crippen molar-refractivity contribution in [1.82, 2.24) is 9.78 Å². The van der Waals surface area contributed by atoms with Crippen molar-refractivity contribution in [3.63, 3.8) is 0 Å². The molecule has 1 aromatic heterocycles. The summed E-state index contributed by atoms with van der Waals surface area (Å²) in [5.74, 6) is 1.09. The maximum Gasteiger partial charge on any atom is 0.184 e. The molecular formula is C6H7N3S. The normalized spacial score (nSPS) is 17.4. The fourth-order valence-electron chi connectivity index (χ4n) is 0.844. The minimum absolute atomic E-state index is 0.930. The van der Waals surface area contributed by atoms with Crippen LogP contribution in [0.2, 0.25) is 0 Å². The third-order valence-corrected chi connectivity index (χ3v) is 2.23. The fraction of sp³-hybridized carbons (Fsp3) is 0.333. The van der Waals surface area contributed by atoms with Crippen LogP contribution in [-0.2, 0) is 0 Å². The highest BCUT2D eigenvalue weighted by atomic mass is 32.2. The van der Waals surface area contributed by atoms with Gasteiger partial charge < -0.3 is 0 Å². The molecule has 0 saturated carbocycles. The maximum atomic E-state index is 4.26. The highest BCUT2D eigenvalue weighted by Gasteiger charge is 2.07. The van der Waals surface area contributed by atoms with Crippen LogP contribution in [0.25, 0.3) is 0 Å². The van der Waals surface area contributed by atoms with Gasteiger partial charge in [0.25, 0.3) is 0 Å². The molecule has 0 saturated heterocycles. The summed E-state index contributed by atoms with van der Waals surface area (Å²) in [6, 6.07) is 1.90. The van der Waals surface area contributed by atoms with Crippen LogP contribution in [0, 0.1) is 0 Å². The van der Waals surface area contributed by atoms with E-state index in [1.807, 2.05) is 12.3 Å². The van der Waals surface area contributed by atoms with E-state index in [1.54, 1.807) is 22.6 Å². The minimum Gasteiger partial charge on any atom is -0.260 e. The lowest BCUT2D eigenvalue weighted by molar-refractivity contribution is 0.943. The zero-order chi connectivity index (χ0) is 6.81. The van der Waals surface area contributed by atoms with E-state index >= 15 is 0 Å². The van der Waals surface area contributed by atoms with Crippen LogP contribution >= 0.6 is 11.8 Å². The monoisotopic (exact) mass is 153 g/mol. The number of thioether (sulfide) groups is 1. The first-order chi connectivity index (χ1) is 4.97. The Balaban J connectivity index is 2.28. The molecule has 2 heterocycles. The predicted molar refractivity (Wildman–Crippen MR) is 42.4 cm³/mol. The molecule has 10 heavy (non-hydrogen) atoms. The summed E-state index contributed by atoms with van der Waals surface area (Å²) in [4.78, 5) is 4.26. The first kappa shape index (κ1) is 5.97. The minimum atomic E-state index is 0.930. The van der Waals surface area contributed by atoms with Crippen LogP contribution < -0.4 is 0 Å². The third-order valence-electron chi connectivity index (χ3n) is 1.27. The maximum absolute atomic E-state index is 4.26. The number of rotatable bonds is 0. The summed E-state index contributed by atoms with van der Waals surface area (Å²) < 4.78 is 1.80. The van der Waals surface area contributed by atoms with Crippen molar-refractivity contribution in [2.45, 2.75) is 0 Å². The first-order valence-corrected chi connectivity index (χ1v) is 4.12. The molecule has 4 heteroatoms. The SMILES string of the molecule is c1cnn(C2=NCCS2)c1. The zero-order valence-corrected chi connectivity index (χ0v) is 6.21. The van der Waals surface area contributed by atoms with Crippen LogP contribution in [0.15, 0.2) is 23.5 Å². The second-order valence-corrected chi connectivity index (χ2v) is 3.03. The molecule has 0 bridgehead atoms. The van der Waals surface area contributed by atoms with Crippen molar-refractivity contribution in [2.75, 3.05) is 12.3 Å². The van der Waals surface area contributed by atoms with Gasteiger partial charge in [0.05, 0.1) is 6.54 Å². The standard InChI is InChI=1S/C6H7N3S/c1-2-8-9(4-1)6-7-3-5-10-6/h1-2,4H,3,5H2. The van der Waals surface area contributed by atoms with Gasteiger partial charge in [-0.1, -0.05) is 11.8 Å². The topological polar surface area (TPSA) is 30.2 Å². The van der Waals surface area contributed by atoms with Gasteiger partial charge in [0, 0.05) is 18.1 Å². The molecule has 0 aromatic carbocycles. The van der Waals surface area contributed by atoms with Gasteiger partial charge in [-0.2, -0.15) is 5.10 Å². The Hall–Kier alpha value is -0.770. The van der Waals surface area contributed by atoms with Gasteiger partial charge in [0.2, 0.25) is 0 Å². The van der Waals surface area contributed by atoms with E-state index in [-0.39, 0.29) is 0 Å². The Morgan fingerprint density at radius 1 is 1.60 bits per heavy atom. The lowest BCUT2D eigenvalue weighted by Gasteiger charge is -1.95. The van der Waals surface area contributed by atoms with Crippen LogP contribution in [-0.4, -0.2) is 27.2 Å². The highest BCUT2D eigenvalue weighted by Crippen LogP contribution is 2.11. The molecule has 1 aliphatic heterocycles. The Bertz CT molecular complexity index is 240. The number of nitrogens with zero attached hydrogens (tertiary/aromatic N) is 3. The van der Waals surface area contributed by atoms with Gasteiger partial charge in [0.15, 0.2) is 5.17 Å². The van der Waals surface area contributed by atoms with E-state index in [2.05, 4.69) is 10.1 Å². The van der Waals surface area contributed by atoms with E-state index in [0.717, 1.165) is 17.5 Å². The smallest absolute Gasteiger partial charge is 0.184 e. The summed E-state index contributed by atoms with van der Waals surface area (Å²) in [5, 5.41) is 5.08. The van der Waals surface area contributed by atoms with E-state index in [1.165, 1.54) is 0 Å². The van der Waals surface area contributed by atoms with Gasteiger partial charge in [-0.15, -0.1) is 0 Å². The summed E-state index contributed by atoms with van der Waals surface area (Å²) >= 11 is 1.75. The summed E-state index contributed by atoms with van der Waals surface area (Å²) in [7, 11) is 0. The van der Waals surface area contributed by atoms with Gasteiger partial charge in [-0.3, -0.25) is 4.99 Å². The summed E-state index contributed by atoms with van der Waals surface area (Å²) in [5.41, 5.74) is 0. The third kappa shape index (κ3) is 0.945. The largest absolute Gasteiger partial charge is 0.260 e. The van der Waals surface area contributed by atoms with Gasteiger partial charge in [-0.05, 0) is 6.07 Å². The predicted octanol–water partition coefficient (Wildman–Crippen LogP) is 0.834. The van der Waals surface area contributed by atoms with Crippen molar-refractivity contribution >= 4 is 16.9 Å². The van der Waals surface area contributed by atoms with Crippen molar-refractivity contribution in [3.8, 4) is 0 Å². The second kappa shape index (κ2) is 2.46. The average Bonchev–Trinajstić information content (AvgIpc) is 2.59. The van der Waals surface area contributed by atoms with Crippen LogP contribution in [0.5, 0.6) is 0 Å². The number of aliphatic imine (C=N–C) groups is 1. The molecule has 0 atom stereocenters. The molecule has 3 nitrogen and oxygen atoms in total. The molecule has 0 radical (unpaired) electrons. The molecule has 1 aliphatic rings. The van der Waals surface area contributed by atoms with Crippen molar-refractivity contribution in [1.29, 1.82) is 0 Å². The molecule has 0 spiro atoms. The zero-order valence-electron chi connectivity index (χ0n) is 5.40. The Labute approximate surface area is 63.1 Å². The number of hydrogen-bond acceptors (Lipinski definition) is 3. The van der Waals surface area contributed by atoms with Gasteiger partial charge in [0.1, 0.15) is 0 Å². The quantitative estimate of drug-likeness (QED) is 0.552. The van der Waals surface area contributed by atoms with Crippen LogP contribution in [0.3, 0.4) is 0 Å². The van der Waals surface area contributed by atoms with Crippen molar-refractivity contribution in [3.05, 3.63) is 18.5 Å². The molecule has 0 unspecified atom stereocenters. The average molecular weight is 153 g/mol. The molecular weight excluding hydrogens is 146 g/mol. The summed E-state index contributed by atoms with van der Waals surface area (Å²) in [6.07, 6.45) is 3.68. The van der Waals surface area contributed by atoms with E-state index in [0.29, 0.717) is 0 Å². The van der Waals surface area contributed by atoms with E-state index < -0.39 is 0 Å². The molecule has 0 aliphatic carbocycles. The molecule has 52 valence electrons. The molecule has 0 amide bonds. The van der Waals surface area contributed by atoms with Crippen molar-refractivity contribution in [2.24, 2.45) is 4.99 Å². The Morgan fingerprint density at radius 3 is 3.20 bits per heavy atom. The Kier molecular flexibility index (Phi) is 1.47. The molecule has 0 fully saturated rings. The lowest BCUT2D eigenvalue weighted by Crippen LogP contribution is -2.04. The fourth-order valence-corrected chi connectivity index (χ4v) is 1.63. The van der Waals surface area contributed by atoms with E-state index in [9.17, 15) is 0 Å². The van der Waals surface area contributed by atoms with E-state index in [4.69, 9.17) is 0 Å². The summed E-state index contributed by atoms with van der Waals surface area (Å²) in [6.45, 7) is 0.930.